The van der Waals surface area contributed by atoms with E-state index in [9.17, 15) is 4.79 Å². The van der Waals surface area contributed by atoms with Gasteiger partial charge >= 0.3 is 5.97 Å². The van der Waals surface area contributed by atoms with E-state index in [1.807, 2.05) is 6.07 Å². The maximum absolute atomic E-state index is 11.0. The first-order chi connectivity index (χ1) is 6.20. The maximum atomic E-state index is 11.0. The van der Waals surface area contributed by atoms with Crippen LogP contribution in [-0.2, 0) is 16.1 Å². The molecule has 0 atom stereocenters. The Bertz CT molecular complexity index is 306. The zero-order chi connectivity index (χ0) is 9.68. The molecule has 13 heavy (non-hydrogen) atoms. The lowest BCUT2D eigenvalue weighted by Crippen LogP contribution is -2.04. The van der Waals surface area contributed by atoms with Crippen LogP contribution >= 0.6 is 0 Å². The van der Waals surface area contributed by atoms with Gasteiger partial charge in [-0.2, -0.15) is 0 Å². The number of esters is 1. The van der Waals surface area contributed by atoms with Gasteiger partial charge in [0.05, 0.1) is 0 Å². The van der Waals surface area contributed by atoms with Crippen molar-refractivity contribution in [2.75, 3.05) is 0 Å². The molecule has 0 fully saturated rings. The van der Waals surface area contributed by atoms with Gasteiger partial charge in [0.25, 0.3) is 0 Å². The number of carbonyl (C=O) groups excluding carboxylic acids is 1. The summed E-state index contributed by atoms with van der Waals surface area (Å²) in [5.74, 6) is -0.371. The van der Waals surface area contributed by atoms with Gasteiger partial charge in [0.2, 0.25) is 0 Å². The molecule has 0 amide bonds. The summed E-state index contributed by atoms with van der Waals surface area (Å²) in [6, 6.07) is 3.64. The Morgan fingerprint density at radius 1 is 1.69 bits per heavy atom. The van der Waals surface area contributed by atoms with Crippen molar-refractivity contribution in [1.29, 1.82) is 0 Å². The summed E-state index contributed by atoms with van der Waals surface area (Å²) in [6.07, 6.45) is 3.33. The van der Waals surface area contributed by atoms with Gasteiger partial charge in [0, 0.05) is 23.5 Å². The molecule has 0 spiro atoms. The third kappa shape index (κ3) is 3.07. The average Bonchev–Trinajstić information content (AvgIpc) is 2.15. The highest BCUT2D eigenvalue weighted by atomic mass is 16.5. The Balaban J connectivity index is 2.44. The summed E-state index contributed by atoms with van der Waals surface area (Å²) in [5.41, 5.74) is 1.28. The first-order valence-electron chi connectivity index (χ1n) is 3.91. The molecule has 0 saturated heterocycles. The zero-order valence-electron chi connectivity index (χ0n) is 7.49. The van der Waals surface area contributed by atoms with E-state index in [0.29, 0.717) is 5.57 Å². The Labute approximate surface area is 77.1 Å². The first kappa shape index (κ1) is 9.45. The molecule has 0 radical (unpaired) electrons. The average molecular weight is 177 g/mol. The Morgan fingerprint density at radius 2 is 2.46 bits per heavy atom. The molecule has 3 nitrogen and oxygen atoms in total. The van der Waals surface area contributed by atoms with Crippen molar-refractivity contribution in [1.82, 2.24) is 4.98 Å². The van der Waals surface area contributed by atoms with E-state index in [-0.39, 0.29) is 12.6 Å². The summed E-state index contributed by atoms with van der Waals surface area (Å²) < 4.78 is 4.91. The van der Waals surface area contributed by atoms with Gasteiger partial charge in [-0.3, -0.25) is 4.98 Å². The van der Waals surface area contributed by atoms with Crippen LogP contribution in [0.2, 0.25) is 0 Å². The van der Waals surface area contributed by atoms with Gasteiger partial charge in [-0.05, 0) is 13.0 Å². The largest absolute Gasteiger partial charge is 0.457 e. The predicted molar refractivity (Wildman–Crippen MR) is 48.8 cm³/mol. The van der Waals surface area contributed by atoms with E-state index in [4.69, 9.17) is 4.74 Å². The zero-order valence-corrected chi connectivity index (χ0v) is 7.49. The highest BCUT2D eigenvalue weighted by Crippen LogP contribution is 2.00. The molecule has 0 unspecified atom stereocenters. The fraction of sp³-hybridized carbons (Fsp3) is 0.200. The monoisotopic (exact) mass is 177 g/mol. The molecule has 0 aliphatic heterocycles. The number of nitrogens with zero attached hydrogens (tertiary/aromatic N) is 1. The quantitative estimate of drug-likeness (QED) is 0.521. The van der Waals surface area contributed by atoms with Crippen LogP contribution in [-0.4, -0.2) is 11.0 Å². The van der Waals surface area contributed by atoms with Crippen molar-refractivity contribution < 1.29 is 9.53 Å². The SMILES string of the molecule is C=C(C)C(=O)OCc1cccnc1. The number of pyridine rings is 1. The number of aromatic nitrogens is 1. The van der Waals surface area contributed by atoms with Crippen LogP contribution in [0.25, 0.3) is 0 Å². The van der Waals surface area contributed by atoms with Crippen LogP contribution in [0.5, 0.6) is 0 Å². The molecular weight excluding hydrogens is 166 g/mol. The van der Waals surface area contributed by atoms with Gasteiger partial charge in [0.1, 0.15) is 6.61 Å². The number of hydrogen-bond donors (Lipinski definition) is 0. The second-order valence-corrected chi connectivity index (χ2v) is 2.72. The predicted octanol–water partition coefficient (Wildman–Crippen LogP) is 1.70. The maximum Gasteiger partial charge on any atom is 0.333 e. The number of rotatable bonds is 3. The van der Waals surface area contributed by atoms with E-state index in [0.717, 1.165) is 5.56 Å². The van der Waals surface area contributed by atoms with E-state index >= 15 is 0 Å². The second-order valence-electron chi connectivity index (χ2n) is 2.72. The summed E-state index contributed by atoms with van der Waals surface area (Å²) in [4.78, 5) is 14.9. The lowest BCUT2D eigenvalue weighted by molar-refractivity contribution is -0.140. The van der Waals surface area contributed by atoms with Crippen LogP contribution in [0, 0.1) is 0 Å². The third-order valence-corrected chi connectivity index (χ3v) is 1.44. The van der Waals surface area contributed by atoms with Crippen LogP contribution in [0.15, 0.2) is 36.7 Å². The molecule has 1 heterocycles. The first-order valence-corrected chi connectivity index (χ1v) is 3.91. The molecule has 1 rings (SSSR count). The topological polar surface area (TPSA) is 39.2 Å². The molecule has 0 saturated carbocycles. The summed E-state index contributed by atoms with van der Waals surface area (Å²) in [7, 11) is 0. The summed E-state index contributed by atoms with van der Waals surface area (Å²) >= 11 is 0. The molecular formula is C10H11NO2. The lowest BCUT2D eigenvalue weighted by Gasteiger charge is -2.02. The van der Waals surface area contributed by atoms with Crippen LogP contribution < -0.4 is 0 Å². The summed E-state index contributed by atoms with van der Waals surface area (Å²) in [6.45, 7) is 5.34. The van der Waals surface area contributed by atoms with E-state index in [1.165, 1.54) is 0 Å². The van der Waals surface area contributed by atoms with Crippen LogP contribution in [0.1, 0.15) is 12.5 Å². The van der Waals surface area contributed by atoms with Crippen molar-refractivity contribution in [3.05, 3.63) is 42.2 Å². The molecule has 0 aliphatic carbocycles. The van der Waals surface area contributed by atoms with E-state index in [1.54, 1.807) is 25.4 Å². The van der Waals surface area contributed by atoms with E-state index in [2.05, 4.69) is 11.6 Å². The standard InChI is InChI=1S/C10H11NO2/c1-8(2)10(12)13-7-9-4-3-5-11-6-9/h3-6H,1,7H2,2H3. The minimum Gasteiger partial charge on any atom is -0.457 e. The Morgan fingerprint density at radius 3 is 3.00 bits per heavy atom. The lowest BCUT2D eigenvalue weighted by atomic mass is 10.3. The fourth-order valence-electron chi connectivity index (χ4n) is 0.756. The molecule has 0 aromatic carbocycles. The van der Waals surface area contributed by atoms with Crippen molar-refractivity contribution in [2.45, 2.75) is 13.5 Å². The highest BCUT2D eigenvalue weighted by Gasteiger charge is 2.02. The molecule has 1 aromatic heterocycles. The molecule has 0 bridgehead atoms. The van der Waals surface area contributed by atoms with Crippen molar-refractivity contribution in [3.63, 3.8) is 0 Å². The molecule has 1 aromatic rings. The number of carbonyl (C=O) groups is 1. The molecule has 3 heteroatoms. The molecule has 0 N–H and O–H groups in total. The number of hydrogen-bond acceptors (Lipinski definition) is 3. The second kappa shape index (κ2) is 4.40. The van der Waals surface area contributed by atoms with Crippen LogP contribution in [0.4, 0.5) is 0 Å². The molecule has 0 aliphatic rings. The minimum absolute atomic E-state index is 0.250. The van der Waals surface area contributed by atoms with Crippen molar-refractivity contribution in [3.8, 4) is 0 Å². The normalized spacial score (nSPS) is 9.31. The summed E-state index contributed by atoms with van der Waals surface area (Å²) in [5, 5.41) is 0. The van der Waals surface area contributed by atoms with Crippen LogP contribution in [0.3, 0.4) is 0 Å². The van der Waals surface area contributed by atoms with Gasteiger partial charge in [-0.25, -0.2) is 4.79 Å². The number of ether oxygens (including phenoxy) is 1. The third-order valence-electron chi connectivity index (χ3n) is 1.44. The van der Waals surface area contributed by atoms with Gasteiger partial charge in [-0.15, -0.1) is 0 Å². The van der Waals surface area contributed by atoms with Gasteiger partial charge in [0.15, 0.2) is 0 Å². The van der Waals surface area contributed by atoms with Gasteiger partial charge in [-0.1, -0.05) is 12.6 Å². The van der Waals surface area contributed by atoms with E-state index < -0.39 is 0 Å². The van der Waals surface area contributed by atoms with Crippen molar-refractivity contribution >= 4 is 5.97 Å². The Hall–Kier alpha value is -1.64. The molecule has 68 valence electrons. The fourth-order valence-corrected chi connectivity index (χ4v) is 0.756. The smallest absolute Gasteiger partial charge is 0.333 e. The minimum atomic E-state index is -0.371. The van der Waals surface area contributed by atoms with Gasteiger partial charge < -0.3 is 4.74 Å². The Kier molecular flexibility index (Phi) is 3.20. The highest BCUT2D eigenvalue weighted by molar-refractivity contribution is 5.86. The van der Waals surface area contributed by atoms with Crippen molar-refractivity contribution in [2.24, 2.45) is 0 Å².